The molecular weight excluding hydrogens is 316 g/mol. The summed E-state index contributed by atoms with van der Waals surface area (Å²) in [5, 5.41) is 9.58. The van der Waals surface area contributed by atoms with E-state index in [9.17, 15) is 9.90 Å². The van der Waals surface area contributed by atoms with Gasteiger partial charge in [-0.15, -0.1) is 0 Å². The maximum absolute atomic E-state index is 12.2. The molecule has 0 saturated carbocycles. The number of hydrogen-bond acceptors (Lipinski definition) is 4. The van der Waals surface area contributed by atoms with E-state index in [4.69, 9.17) is 9.47 Å². The van der Waals surface area contributed by atoms with Crippen molar-refractivity contribution in [1.82, 2.24) is 0 Å². The average Bonchev–Trinajstić information content (AvgIpc) is 2.64. The van der Waals surface area contributed by atoms with Crippen LogP contribution in [0.1, 0.15) is 42.1 Å². The van der Waals surface area contributed by atoms with Gasteiger partial charge >= 0.3 is 0 Å². The van der Waals surface area contributed by atoms with E-state index in [0.717, 1.165) is 24.3 Å². The van der Waals surface area contributed by atoms with Gasteiger partial charge in [-0.25, -0.2) is 0 Å². The lowest BCUT2D eigenvalue weighted by molar-refractivity contribution is 0.104. The Bertz CT molecular complexity index is 717. The monoisotopic (exact) mass is 340 g/mol. The van der Waals surface area contributed by atoms with Gasteiger partial charge in [-0.1, -0.05) is 38.0 Å². The van der Waals surface area contributed by atoms with E-state index in [-0.39, 0.29) is 17.3 Å². The van der Waals surface area contributed by atoms with Gasteiger partial charge in [-0.05, 0) is 48.4 Å². The highest BCUT2D eigenvalue weighted by Gasteiger charge is 2.07. The molecular formula is C21H24O4. The van der Waals surface area contributed by atoms with E-state index in [0.29, 0.717) is 5.56 Å². The van der Waals surface area contributed by atoms with Crippen LogP contribution in [0.15, 0.2) is 48.5 Å². The molecule has 2 aromatic carbocycles. The molecule has 0 fully saturated rings. The van der Waals surface area contributed by atoms with Crippen LogP contribution < -0.4 is 9.47 Å². The van der Waals surface area contributed by atoms with E-state index in [1.165, 1.54) is 38.2 Å². The third-order valence-corrected chi connectivity index (χ3v) is 3.79. The van der Waals surface area contributed by atoms with Gasteiger partial charge in [0.15, 0.2) is 17.3 Å². The molecule has 4 nitrogen and oxygen atoms in total. The van der Waals surface area contributed by atoms with Crippen molar-refractivity contribution in [3.63, 3.8) is 0 Å². The van der Waals surface area contributed by atoms with Crippen LogP contribution >= 0.6 is 0 Å². The number of ketones is 1. The van der Waals surface area contributed by atoms with Crippen molar-refractivity contribution in [2.75, 3.05) is 13.7 Å². The van der Waals surface area contributed by atoms with Crippen LogP contribution in [-0.4, -0.2) is 24.6 Å². The van der Waals surface area contributed by atoms with Crippen LogP contribution in [0, 0.1) is 0 Å². The van der Waals surface area contributed by atoms with Crippen molar-refractivity contribution in [2.45, 2.75) is 26.2 Å². The Morgan fingerprint density at radius 1 is 1.12 bits per heavy atom. The lowest BCUT2D eigenvalue weighted by Gasteiger charge is -2.06. The predicted molar refractivity (Wildman–Crippen MR) is 99.5 cm³/mol. The van der Waals surface area contributed by atoms with E-state index < -0.39 is 0 Å². The summed E-state index contributed by atoms with van der Waals surface area (Å²) in [5.74, 6) is 0.974. The fourth-order valence-electron chi connectivity index (χ4n) is 2.32. The summed E-state index contributed by atoms with van der Waals surface area (Å²) in [6.45, 7) is 2.89. The second kappa shape index (κ2) is 9.52. The van der Waals surface area contributed by atoms with E-state index in [1.807, 2.05) is 24.3 Å². The molecule has 0 aromatic heterocycles. The van der Waals surface area contributed by atoms with Crippen molar-refractivity contribution in [1.29, 1.82) is 0 Å². The van der Waals surface area contributed by atoms with Gasteiger partial charge in [-0.3, -0.25) is 4.79 Å². The highest BCUT2D eigenvalue weighted by Crippen LogP contribution is 2.26. The van der Waals surface area contributed by atoms with Crippen LogP contribution in [0.25, 0.3) is 6.08 Å². The third kappa shape index (κ3) is 5.68. The summed E-state index contributed by atoms with van der Waals surface area (Å²) in [7, 11) is 1.45. The fourth-order valence-corrected chi connectivity index (χ4v) is 2.32. The molecule has 0 bridgehead atoms. The smallest absolute Gasteiger partial charge is 0.185 e. The van der Waals surface area contributed by atoms with Gasteiger partial charge < -0.3 is 14.6 Å². The van der Waals surface area contributed by atoms with Crippen molar-refractivity contribution in [3.05, 3.63) is 59.7 Å². The number of unbranched alkanes of at least 4 members (excludes halogenated alkanes) is 2. The largest absolute Gasteiger partial charge is 0.504 e. The topological polar surface area (TPSA) is 55.8 Å². The van der Waals surface area contributed by atoms with Gasteiger partial charge in [0.25, 0.3) is 0 Å². The minimum Gasteiger partial charge on any atom is -0.504 e. The lowest BCUT2D eigenvalue weighted by Crippen LogP contribution is -1.97. The summed E-state index contributed by atoms with van der Waals surface area (Å²) in [5.41, 5.74) is 1.38. The second-order valence-corrected chi connectivity index (χ2v) is 5.71. The number of hydrogen-bond donors (Lipinski definition) is 1. The number of carbonyl (C=O) groups is 1. The number of carbonyl (C=O) groups excluding carboxylic acids is 1. The highest BCUT2D eigenvalue weighted by atomic mass is 16.5. The molecule has 4 heteroatoms. The van der Waals surface area contributed by atoms with Crippen LogP contribution in [0.5, 0.6) is 17.2 Å². The van der Waals surface area contributed by atoms with Crippen LogP contribution in [0.4, 0.5) is 0 Å². The summed E-state index contributed by atoms with van der Waals surface area (Å²) in [6.07, 6.45) is 6.66. The molecule has 0 spiro atoms. The van der Waals surface area contributed by atoms with Gasteiger partial charge in [0, 0.05) is 5.56 Å². The summed E-state index contributed by atoms with van der Waals surface area (Å²) >= 11 is 0. The normalized spacial score (nSPS) is 10.8. The Morgan fingerprint density at radius 2 is 1.88 bits per heavy atom. The number of aromatic hydroxyl groups is 1. The molecule has 0 amide bonds. The Balaban J connectivity index is 1.95. The first-order valence-corrected chi connectivity index (χ1v) is 8.46. The lowest BCUT2D eigenvalue weighted by atomic mass is 10.1. The summed E-state index contributed by atoms with van der Waals surface area (Å²) in [4.78, 5) is 12.2. The molecule has 25 heavy (non-hydrogen) atoms. The van der Waals surface area contributed by atoms with Crippen molar-refractivity contribution in [3.8, 4) is 17.2 Å². The Morgan fingerprint density at radius 3 is 2.56 bits per heavy atom. The van der Waals surface area contributed by atoms with E-state index >= 15 is 0 Å². The average molecular weight is 340 g/mol. The molecule has 0 aliphatic rings. The molecule has 0 heterocycles. The van der Waals surface area contributed by atoms with Gasteiger partial charge in [0.05, 0.1) is 13.7 Å². The maximum atomic E-state index is 12.2. The molecule has 0 atom stereocenters. The SMILES string of the molecule is CCCCCOc1ccc(/C=C/C(=O)c2ccc(O)c(OC)c2)cc1. The first-order valence-electron chi connectivity index (χ1n) is 8.46. The zero-order valence-corrected chi connectivity index (χ0v) is 14.7. The predicted octanol–water partition coefficient (Wildman–Crippen LogP) is 4.87. The van der Waals surface area contributed by atoms with Gasteiger partial charge in [-0.2, -0.15) is 0 Å². The molecule has 2 aromatic rings. The van der Waals surface area contributed by atoms with Crippen LogP contribution in [-0.2, 0) is 0 Å². The third-order valence-electron chi connectivity index (χ3n) is 3.79. The molecule has 2 rings (SSSR count). The van der Waals surface area contributed by atoms with Gasteiger partial charge in [0.2, 0.25) is 0 Å². The Hall–Kier alpha value is -2.75. The first kappa shape index (κ1) is 18.6. The maximum Gasteiger partial charge on any atom is 0.185 e. The number of benzene rings is 2. The molecule has 0 saturated heterocycles. The summed E-state index contributed by atoms with van der Waals surface area (Å²) < 4.78 is 10.7. The molecule has 0 aliphatic carbocycles. The number of phenols is 1. The standard InChI is InChI=1S/C21H24O4/c1-3-4-5-14-25-18-10-6-16(7-11-18)8-12-19(22)17-9-13-20(23)21(15-17)24-2/h6-13,15,23H,3-5,14H2,1-2H3/b12-8+. The number of ether oxygens (including phenoxy) is 2. The number of phenolic OH excluding ortho intramolecular Hbond substituents is 1. The van der Waals surface area contributed by atoms with E-state index in [1.54, 1.807) is 12.1 Å². The first-order chi connectivity index (χ1) is 12.1. The summed E-state index contributed by atoms with van der Waals surface area (Å²) in [6, 6.07) is 12.2. The highest BCUT2D eigenvalue weighted by molar-refractivity contribution is 6.07. The van der Waals surface area contributed by atoms with Crippen LogP contribution in [0.2, 0.25) is 0 Å². The number of methoxy groups -OCH3 is 1. The fraction of sp³-hybridized carbons (Fsp3) is 0.286. The quantitative estimate of drug-likeness (QED) is 0.402. The zero-order chi connectivity index (χ0) is 18.1. The van der Waals surface area contributed by atoms with Crippen LogP contribution in [0.3, 0.4) is 0 Å². The van der Waals surface area contributed by atoms with Crippen molar-refractivity contribution >= 4 is 11.9 Å². The molecule has 0 radical (unpaired) electrons. The number of allylic oxidation sites excluding steroid dienone is 1. The van der Waals surface area contributed by atoms with Crippen molar-refractivity contribution in [2.24, 2.45) is 0 Å². The molecule has 1 N–H and O–H groups in total. The Kier molecular flexibility index (Phi) is 7.08. The molecule has 132 valence electrons. The minimum atomic E-state index is -0.154. The Labute approximate surface area is 148 Å². The molecule has 0 aliphatic heterocycles. The molecule has 0 unspecified atom stereocenters. The van der Waals surface area contributed by atoms with Gasteiger partial charge in [0.1, 0.15) is 5.75 Å². The number of rotatable bonds is 9. The van der Waals surface area contributed by atoms with E-state index in [2.05, 4.69) is 6.92 Å². The minimum absolute atomic E-state index is 0.0116. The van der Waals surface area contributed by atoms with Crippen molar-refractivity contribution < 1.29 is 19.4 Å². The zero-order valence-electron chi connectivity index (χ0n) is 14.7. The second-order valence-electron chi connectivity index (χ2n) is 5.71.